The minimum Gasteiger partial charge on any atom is -0.195 e. The summed E-state index contributed by atoms with van der Waals surface area (Å²) in [5, 5.41) is 13.7. The lowest BCUT2D eigenvalue weighted by molar-refractivity contribution is 0.771. The van der Waals surface area contributed by atoms with Gasteiger partial charge in [-0.3, -0.25) is 0 Å². The van der Waals surface area contributed by atoms with Gasteiger partial charge in [0.15, 0.2) is 5.82 Å². The highest BCUT2D eigenvalue weighted by atomic mass is 35.5. The van der Waals surface area contributed by atoms with Gasteiger partial charge in [0.25, 0.3) is 0 Å². The van der Waals surface area contributed by atoms with Crippen molar-refractivity contribution in [1.82, 2.24) is 20.2 Å². The predicted octanol–water partition coefficient (Wildman–Crippen LogP) is 4.87. The molecule has 22 heavy (non-hydrogen) atoms. The molecule has 1 heterocycles. The maximum Gasteiger partial charge on any atom is 0.161 e. The molecule has 0 unspecified atom stereocenters. The number of hydrogen-bond donors (Lipinski definition) is 0. The van der Waals surface area contributed by atoms with Gasteiger partial charge in [-0.15, -0.1) is 5.10 Å². The van der Waals surface area contributed by atoms with E-state index in [4.69, 9.17) is 46.4 Å². The molecule has 3 rings (SSSR count). The molecule has 112 valence electrons. The standard InChI is InChI=1S/C14H8Cl4N4/c15-9-4-5-10(16)8(6-9)7-13-19-20-21-22(13)12-3-1-2-11(17)14(12)18/h1-6H,7H2. The molecule has 0 amide bonds. The van der Waals surface area contributed by atoms with Gasteiger partial charge < -0.3 is 0 Å². The highest BCUT2D eigenvalue weighted by Crippen LogP contribution is 2.29. The highest BCUT2D eigenvalue weighted by Gasteiger charge is 2.15. The fourth-order valence-electron chi connectivity index (χ4n) is 2.01. The van der Waals surface area contributed by atoms with Crippen molar-refractivity contribution in [2.75, 3.05) is 0 Å². The Morgan fingerprint density at radius 3 is 2.59 bits per heavy atom. The molecule has 0 radical (unpaired) electrons. The largest absolute Gasteiger partial charge is 0.195 e. The summed E-state index contributed by atoms with van der Waals surface area (Å²) in [5.74, 6) is 0.577. The van der Waals surface area contributed by atoms with Crippen LogP contribution in [-0.2, 0) is 6.42 Å². The summed E-state index contributed by atoms with van der Waals surface area (Å²) < 4.78 is 1.53. The molecule has 0 saturated carbocycles. The Balaban J connectivity index is 2.03. The number of hydrogen-bond acceptors (Lipinski definition) is 3. The number of benzene rings is 2. The first kappa shape index (κ1) is 15.6. The molecule has 2 aromatic carbocycles. The van der Waals surface area contributed by atoms with E-state index in [-0.39, 0.29) is 0 Å². The van der Waals surface area contributed by atoms with Crippen molar-refractivity contribution in [1.29, 1.82) is 0 Å². The molecule has 0 fully saturated rings. The molecule has 0 aliphatic carbocycles. The van der Waals surface area contributed by atoms with Crippen molar-refractivity contribution in [3.05, 3.63) is 67.9 Å². The van der Waals surface area contributed by atoms with Crippen molar-refractivity contribution in [2.24, 2.45) is 0 Å². The van der Waals surface area contributed by atoms with Crippen LogP contribution < -0.4 is 0 Å². The molecule has 4 nitrogen and oxygen atoms in total. The third-order valence-corrected chi connectivity index (χ3v) is 4.46. The molecular formula is C14H8Cl4N4. The van der Waals surface area contributed by atoms with Gasteiger partial charge in [-0.1, -0.05) is 52.5 Å². The smallest absolute Gasteiger partial charge is 0.161 e. The summed E-state index contributed by atoms with van der Waals surface area (Å²) in [5.41, 5.74) is 1.43. The average Bonchev–Trinajstić information content (AvgIpc) is 2.94. The highest BCUT2D eigenvalue weighted by molar-refractivity contribution is 6.43. The Bertz CT molecular complexity index is 831. The van der Waals surface area contributed by atoms with Crippen LogP contribution in [0.25, 0.3) is 5.69 Å². The molecule has 0 saturated heterocycles. The second kappa shape index (κ2) is 6.42. The first-order chi connectivity index (χ1) is 10.6. The van der Waals surface area contributed by atoms with E-state index < -0.39 is 0 Å². The fraction of sp³-hybridized carbons (Fsp3) is 0.0714. The maximum absolute atomic E-state index is 6.22. The third kappa shape index (κ3) is 3.06. The molecule has 0 spiro atoms. The van der Waals surface area contributed by atoms with Crippen LogP contribution in [0.3, 0.4) is 0 Å². The van der Waals surface area contributed by atoms with E-state index in [1.807, 2.05) is 0 Å². The van der Waals surface area contributed by atoms with Gasteiger partial charge in [0.1, 0.15) is 0 Å². The van der Waals surface area contributed by atoms with Crippen LogP contribution in [0.2, 0.25) is 20.1 Å². The SMILES string of the molecule is Clc1ccc(Cl)c(Cc2nnnn2-c2cccc(Cl)c2Cl)c1. The van der Waals surface area contributed by atoms with Crippen LogP contribution in [0.1, 0.15) is 11.4 Å². The van der Waals surface area contributed by atoms with Crippen molar-refractivity contribution < 1.29 is 0 Å². The van der Waals surface area contributed by atoms with E-state index in [2.05, 4.69) is 15.5 Å². The number of nitrogens with zero attached hydrogens (tertiary/aromatic N) is 4. The molecule has 0 bridgehead atoms. The average molecular weight is 374 g/mol. The first-order valence-electron chi connectivity index (χ1n) is 6.22. The zero-order valence-corrected chi connectivity index (χ0v) is 14.0. The number of aromatic nitrogens is 4. The quantitative estimate of drug-likeness (QED) is 0.657. The maximum atomic E-state index is 6.22. The fourth-order valence-corrected chi connectivity index (χ4v) is 2.76. The van der Waals surface area contributed by atoms with E-state index in [0.717, 1.165) is 5.56 Å². The molecule has 3 aromatic rings. The summed E-state index contributed by atoms with van der Waals surface area (Å²) >= 11 is 24.4. The summed E-state index contributed by atoms with van der Waals surface area (Å²) in [6, 6.07) is 10.5. The number of tetrazole rings is 1. The molecule has 0 aliphatic heterocycles. The Labute approximate surface area is 146 Å². The zero-order valence-electron chi connectivity index (χ0n) is 11.0. The Morgan fingerprint density at radius 1 is 0.955 bits per heavy atom. The van der Waals surface area contributed by atoms with E-state index in [0.29, 0.717) is 38.0 Å². The summed E-state index contributed by atoms with van der Waals surface area (Å²) in [6.45, 7) is 0. The molecule has 0 N–H and O–H groups in total. The topological polar surface area (TPSA) is 43.6 Å². The van der Waals surface area contributed by atoms with Crippen molar-refractivity contribution >= 4 is 46.4 Å². The molecule has 0 atom stereocenters. The van der Waals surface area contributed by atoms with Crippen molar-refractivity contribution in [2.45, 2.75) is 6.42 Å². The molecule has 8 heteroatoms. The zero-order chi connectivity index (χ0) is 15.7. The van der Waals surface area contributed by atoms with Crippen LogP contribution in [0.15, 0.2) is 36.4 Å². The van der Waals surface area contributed by atoms with Crippen LogP contribution >= 0.6 is 46.4 Å². The van der Waals surface area contributed by atoms with Gasteiger partial charge in [0.2, 0.25) is 0 Å². The number of rotatable bonds is 3. The van der Waals surface area contributed by atoms with Crippen molar-refractivity contribution in [3.63, 3.8) is 0 Å². The van der Waals surface area contributed by atoms with Crippen molar-refractivity contribution in [3.8, 4) is 5.69 Å². The second-order valence-corrected chi connectivity index (χ2v) is 6.12. The minimum atomic E-state index is 0.384. The van der Waals surface area contributed by atoms with E-state index >= 15 is 0 Å². The lowest BCUT2D eigenvalue weighted by Gasteiger charge is -2.08. The molecular weight excluding hydrogens is 366 g/mol. The summed E-state index contributed by atoms with van der Waals surface area (Å²) in [7, 11) is 0. The third-order valence-electron chi connectivity index (χ3n) is 3.05. The van der Waals surface area contributed by atoms with Gasteiger partial charge in [-0.25, -0.2) is 0 Å². The lowest BCUT2D eigenvalue weighted by atomic mass is 10.1. The van der Waals surface area contributed by atoms with Gasteiger partial charge >= 0.3 is 0 Å². The summed E-state index contributed by atoms with van der Waals surface area (Å²) in [6.07, 6.45) is 0.412. The van der Waals surface area contributed by atoms with Gasteiger partial charge in [-0.05, 0) is 46.3 Å². The molecule has 0 aliphatic rings. The minimum absolute atomic E-state index is 0.384. The van der Waals surface area contributed by atoms with Gasteiger partial charge in [-0.2, -0.15) is 4.68 Å². The van der Waals surface area contributed by atoms with Gasteiger partial charge in [0.05, 0.1) is 15.7 Å². The van der Waals surface area contributed by atoms with E-state index in [1.54, 1.807) is 36.4 Å². The molecule has 1 aromatic heterocycles. The number of halogens is 4. The van der Waals surface area contributed by atoms with E-state index in [9.17, 15) is 0 Å². The summed E-state index contributed by atoms with van der Waals surface area (Å²) in [4.78, 5) is 0. The Kier molecular flexibility index (Phi) is 4.54. The second-order valence-electron chi connectivity index (χ2n) is 4.49. The monoisotopic (exact) mass is 372 g/mol. The Morgan fingerprint density at radius 2 is 1.77 bits per heavy atom. The first-order valence-corrected chi connectivity index (χ1v) is 7.73. The lowest BCUT2D eigenvalue weighted by Crippen LogP contribution is -2.05. The van der Waals surface area contributed by atoms with Crippen LogP contribution in [0.4, 0.5) is 0 Å². The van der Waals surface area contributed by atoms with Gasteiger partial charge in [0, 0.05) is 16.5 Å². The normalized spacial score (nSPS) is 10.9. The van der Waals surface area contributed by atoms with Crippen LogP contribution in [0, 0.1) is 0 Å². The predicted molar refractivity (Wildman–Crippen MR) is 88.4 cm³/mol. The van der Waals surface area contributed by atoms with E-state index in [1.165, 1.54) is 4.68 Å². The van der Waals surface area contributed by atoms with Crippen LogP contribution in [-0.4, -0.2) is 20.2 Å². The van der Waals surface area contributed by atoms with Crippen LogP contribution in [0.5, 0.6) is 0 Å². The Hall–Kier alpha value is -1.33.